The zero-order valence-corrected chi connectivity index (χ0v) is 20.4. The molecule has 2 N–H and O–H groups in total. The molecule has 0 aromatic heterocycles. The van der Waals surface area contributed by atoms with Crippen molar-refractivity contribution in [2.24, 2.45) is 0 Å². The van der Waals surface area contributed by atoms with E-state index >= 15 is 0 Å². The molecule has 0 fully saturated rings. The highest BCUT2D eigenvalue weighted by Gasteiger charge is 2.16. The quantitative estimate of drug-likeness (QED) is 0.376. The topological polar surface area (TPSA) is 67.4 Å². The molecule has 33 heavy (non-hydrogen) atoms. The van der Waals surface area contributed by atoms with Crippen LogP contribution in [0.3, 0.4) is 0 Å². The van der Waals surface area contributed by atoms with Gasteiger partial charge in [0.2, 0.25) is 5.91 Å². The van der Waals surface area contributed by atoms with E-state index in [0.717, 1.165) is 38.5 Å². The number of benzene rings is 2. The smallest absolute Gasteiger partial charge is 0.407 e. The highest BCUT2D eigenvalue weighted by molar-refractivity contribution is 5.76. The van der Waals surface area contributed by atoms with Crippen molar-refractivity contribution >= 4 is 12.0 Å². The molecule has 2 amide bonds. The van der Waals surface area contributed by atoms with Crippen LogP contribution in [0.4, 0.5) is 4.79 Å². The van der Waals surface area contributed by atoms with Gasteiger partial charge in [0.15, 0.2) is 0 Å². The fourth-order valence-electron chi connectivity index (χ4n) is 3.74. The molecule has 2 aromatic rings. The minimum atomic E-state index is -0.520. The summed E-state index contributed by atoms with van der Waals surface area (Å²) in [5.41, 5.74) is 2.15. The van der Waals surface area contributed by atoms with Gasteiger partial charge in [-0.1, -0.05) is 60.7 Å². The first-order valence-electron chi connectivity index (χ1n) is 12.2. The van der Waals surface area contributed by atoms with E-state index in [-0.39, 0.29) is 11.9 Å². The zero-order chi connectivity index (χ0) is 23.9. The molecule has 0 radical (unpaired) electrons. The molecule has 0 bridgehead atoms. The van der Waals surface area contributed by atoms with Gasteiger partial charge in [-0.2, -0.15) is 0 Å². The van der Waals surface area contributed by atoms with Gasteiger partial charge in [0.25, 0.3) is 0 Å². The molecule has 0 aliphatic rings. The third kappa shape index (κ3) is 12.7. The summed E-state index contributed by atoms with van der Waals surface area (Å²) < 4.78 is 5.22. The summed E-state index contributed by atoms with van der Waals surface area (Å²) in [5.74, 6) is 0.0467. The van der Waals surface area contributed by atoms with Crippen LogP contribution in [0.5, 0.6) is 0 Å². The lowest BCUT2D eigenvalue weighted by atomic mass is 9.99. The Morgan fingerprint density at radius 3 is 1.82 bits per heavy atom. The molecule has 0 aliphatic carbocycles. The van der Waals surface area contributed by atoms with Crippen molar-refractivity contribution in [2.45, 2.75) is 83.8 Å². The first-order valence-corrected chi connectivity index (χ1v) is 12.2. The van der Waals surface area contributed by atoms with Gasteiger partial charge in [0, 0.05) is 19.0 Å². The fourth-order valence-corrected chi connectivity index (χ4v) is 3.74. The number of nitrogens with one attached hydrogen (secondary N) is 2. The summed E-state index contributed by atoms with van der Waals surface area (Å²) in [6.07, 6.45) is 6.59. The Balaban J connectivity index is 1.74. The van der Waals surface area contributed by atoms with Gasteiger partial charge >= 0.3 is 6.09 Å². The van der Waals surface area contributed by atoms with E-state index in [1.54, 1.807) is 0 Å². The summed E-state index contributed by atoms with van der Waals surface area (Å²) in [5, 5.41) is 5.94. The highest BCUT2D eigenvalue weighted by atomic mass is 16.6. The van der Waals surface area contributed by atoms with Crippen molar-refractivity contribution in [2.75, 3.05) is 6.54 Å². The molecule has 2 rings (SSSR count). The van der Waals surface area contributed by atoms with Gasteiger partial charge < -0.3 is 15.4 Å². The number of hydrogen-bond donors (Lipinski definition) is 2. The lowest BCUT2D eigenvalue weighted by Crippen LogP contribution is -2.36. The summed E-state index contributed by atoms with van der Waals surface area (Å²) in [6, 6.07) is 21.1. The summed E-state index contributed by atoms with van der Waals surface area (Å²) in [6.45, 7) is 5.91. The summed E-state index contributed by atoms with van der Waals surface area (Å²) in [7, 11) is 0. The van der Waals surface area contributed by atoms with Crippen molar-refractivity contribution in [3.63, 3.8) is 0 Å². The van der Waals surface area contributed by atoms with E-state index in [9.17, 15) is 9.59 Å². The molecule has 5 nitrogen and oxygen atoms in total. The van der Waals surface area contributed by atoms with Crippen LogP contribution in [0.2, 0.25) is 0 Å². The molecular formula is C28H40N2O3. The fraction of sp³-hybridized carbons (Fsp3) is 0.500. The lowest BCUT2D eigenvalue weighted by Gasteiger charge is -2.20. The number of hydrogen-bond acceptors (Lipinski definition) is 3. The first-order chi connectivity index (χ1) is 15.8. The number of carbonyl (C=O) groups excluding carboxylic acids is 2. The Kier molecular flexibility index (Phi) is 11.5. The minimum Gasteiger partial charge on any atom is -0.444 e. The Bertz CT molecular complexity index is 771. The number of rotatable bonds is 13. The van der Waals surface area contributed by atoms with Crippen LogP contribution < -0.4 is 10.6 Å². The van der Waals surface area contributed by atoms with Crippen LogP contribution >= 0.6 is 0 Å². The molecule has 5 heteroatoms. The van der Waals surface area contributed by atoms with Crippen molar-refractivity contribution < 1.29 is 14.3 Å². The van der Waals surface area contributed by atoms with E-state index in [0.29, 0.717) is 19.4 Å². The van der Waals surface area contributed by atoms with Gasteiger partial charge in [-0.3, -0.25) is 4.79 Å². The van der Waals surface area contributed by atoms with Gasteiger partial charge in [-0.15, -0.1) is 0 Å². The number of amides is 2. The second-order valence-electron chi connectivity index (χ2n) is 9.55. The summed E-state index contributed by atoms with van der Waals surface area (Å²) in [4.78, 5) is 24.3. The molecule has 0 aliphatic heterocycles. The third-order valence-electron chi connectivity index (χ3n) is 5.34. The highest BCUT2D eigenvalue weighted by Crippen LogP contribution is 2.13. The van der Waals surface area contributed by atoms with Crippen molar-refractivity contribution in [3.8, 4) is 0 Å². The Morgan fingerprint density at radius 2 is 1.33 bits per heavy atom. The van der Waals surface area contributed by atoms with E-state index in [1.165, 1.54) is 11.1 Å². The molecule has 180 valence electrons. The van der Waals surface area contributed by atoms with Crippen LogP contribution in [0.25, 0.3) is 0 Å². The van der Waals surface area contributed by atoms with Crippen LogP contribution in [0, 0.1) is 0 Å². The van der Waals surface area contributed by atoms with Crippen LogP contribution in [0.15, 0.2) is 60.7 Å². The standard InChI is InChI=1S/C28H40N2O3/c1-28(2,3)33-27(32)29-22-12-21-26(31)30-25(19-10-17-23-13-6-4-7-14-23)20-11-18-24-15-8-5-9-16-24/h4-9,13-16,25H,10-12,17-22H2,1-3H3,(H,29,32)(H,30,31). The van der Waals surface area contributed by atoms with Crippen LogP contribution in [-0.2, 0) is 22.4 Å². The number of aryl methyl sites for hydroxylation is 2. The molecule has 0 unspecified atom stereocenters. The molecule has 2 aromatic carbocycles. The zero-order valence-electron chi connectivity index (χ0n) is 20.4. The molecule has 0 saturated carbocycles. The van der Waals surface area contributed by atoms with E-state index in [4.69, 9.17) is 4.74 Å². The second kappa shape index (κ2) is 14.4. The van der Waals surface area contributed by atoms with Gasteiger partial charge in [0.05, 0.1) is 0 Å². The summed E-state index contributed by atoms with van der Waals surface area (Å²) >= 11 is 0. The van der Waals surface area contributed by atoms with Crippen LogP contribution in [0.1, 0.15) is 70.4 Å². The number of carbonyl (C=O) groups is 2. The molecular weight excluding hydrogens is 412 g/mol. The number of alkyl carbamates (subject to hydrolysis) is 1. The van der Waals surface area contributed by atoms with Crippen molar-refractivity contribution in [1.29, 1.82) is 0 Å². The minimum absolute atomic E-state index is 0.0467. The van der Waals surface area contributed by atoms with E-state index < -0.39 is 11.7 Å². The predicted molar refractivity (Wildman–Crippen MR) is 134 cm³/mol. The maximum atomic E-state index is 12.5. The molecule has 0 atom stereocenters. The first kappa shape index (κ1) is 26.4. The normalized spacial score (nSPS) is 11.3. The number of ether oxygens (including phenoxy) is 1. The Morgan fingerprint density at radius 1 is 0.818 bits per heavy atom. The van der Waals surface area contributed by atoms with Crippen molar-refractivity contribution in [1.82, 2.24) is 10.6 Å². The van der Waals surface area contributed by atoms with Gasteiger partial charge in [-0.05, 0) is 76.8 Å². The van der Waals surface area contributed by atoms with Crippen LogP contribution in [-0.4, -0.2) is 30.2 Å². The molecule has 0 heterocycles. The monoisotopic (exact) mass is 452 g/mol. The van der Waals surface area contributed by atoms with Gasteiger partial charge in [0.1, 0.15) is 5.60 Å². The SMILES string of the molecule is CC(C)(C)OC(=O)NCCCC(=O)NC(CCCc1ccccc1)CCCc1ccccc1. The maximum Gasteiger partial charge on any atom is 0.407 e. The predicted octanol–water partition coefficient (Wildman–Crippen LogP) is 5.82. The average Bonchev–Trinajstić information content (AvgIpc) is 2.77. The lowest BCUT2D eigenvalue weighted by molar-refractivity contribution is -0.122. The van der Waals surface area contributed by atoms with E-state index in [2.05, 4.69) is 59.2 Å². The Hall–Kier alpha value is -2.82. The second-order valence-corrected chi connectivity index (χ2v) is 9.55. The third-order valence-corrected chi connectivity index (χ3v) is 5.34. The maximum absolute atomic E-state index is 12.5. The van der Waals surface area contributed by atoms with Gasteiger partial charge in [-0.25, -0.2) is 4.79 Å². The average molecular weight is 453 g/mol. The largest absolute Gasteiger partial charge is 0.444 e. The molecule has 0 saturated heterocycles. The Labute approximate surface area is 199 Å². The molecule has 0 spiro atoms. The van der Waals surface area contributed by atoms with E-state index in [1.807, 2.05) is 32.9 Å². The van der Waals surface area contributed by atoms with Crippen molar-refractivity contribution in [3.05, 3.63) is 71.8 Å².